The van der Waals surface area contributed by atoms with Crippen LogP contribution in [0.1, 0.15) is 13.8 Å². The monoisotopic (exact) mass is 183 g/mol. The van der Waals surface area contributed by atoms with Gasteiger partial charge in [0.15, 0.2) is 0 Å². The van der Waals surface area contributed by atoms with Crippen LogP contribution in [0.2, 0.25) is 0 Å². The first kappa shape index (κ1) is 12.0. The predicted octanol–water partition coefficient (Wildman–Crippen LogP) is 0.821. The van der Waals surface area contributed by atoms with Crippen molar-refractivity contribution in [3.8, 4) is 0 Å². The molecule has 1 unspecified atom stereocenters. The Morgan fingerprint density at radius 2 is 1.77 bits per heavy atom. The summed E-state index contributed by atoms with van der Waals surface area (Å²) < 4.78 is 0. The number of nitrogens with one attached hydrogen (secondary N) is 3. The molecule has 0 aliphatic heterocycles. The van der Waals surface area contributed by atoms with Gasteiger partial charge in [0.05, 0.1) is 0 Å². The summed E-state index contributed by atoms with van der Waals surface area (Å²) in [7, 11) is 5.79. The fourth-order valence-corrected chi connectivity index (χ4v) is 0.862. The Labute approximate surface area is 81.3 Å². The van der Waals surface area contributed by atoms with Crippen molar-refractivity contribution >= 4 is 0 Å². The van der Waals surface area contributed by atoms with Crippen LogP contribution in [0.15, 0.2) is 23.5 Å². The minimum Gasteiger partial charge on any atom is -0.392 e. The molecule has 3 nitrogen and oxygen atoms in total. The zero-order valence-corrected chi connectivity index (χ0v) is 9.23. The van der Waals surface area contributed by atoms with E-state index in [1.807, 2.05) is 28.1 Å². The summed E-state index contributed by atoms with van der Waals surface area (Å²) in [6, 6.07) is 0.378. The minimum absolute atomic E-state index is 0.378. The lowest BCUT2D eigenvalue weighted by Crippen LogP contribution is -2.21. The molecular formula is C10H21N3. The van der Waals surface area contributed by atoms with Crippen LogP contribution in [-0.2, 0) is 0 Å². The van der Waals surface area contributed by atoms with Crippen LogP contribution in [0.25, 0.3) is 0 Å². The van der Waals surface area contributed by atoms with Gasteiger partial charge in [-0.15, -0.1) is 0 Å². The van der Waals surface area contributed by atoms with Gasteiger partial charge < -0.3 is 16.0 Å². The molecule has 76 valence electrons. The van der Waals surface area contributed by atoms with E-state index in [4.69, 9.17) is 0 Å². The maximum atomic E-state index is 3.15. The molecule has 0 fully saturated rings. The second-order valence-corrected chi connectivity index (χ2v) is 3.03. The van der Waals surface area contributed by atoms with Crippen LogP contribution in [0.5, 0.6) is 0 Å². The van der Waals surface area contributed by atoms with Crippen molar-refractivity contribution in [1.29, 1.82) is 0 Å². The summed E-state index contributed by atoms with van der Waals surface area (Å²) >= 11 is 0. The van der Waals surface area contributed by atoms with Crippen LogP contribution in [0.4, 0.5) is 0 Å². The first-order chi connectivity index (χ1) is 6.13. The summed E-state index contributed by atoms with van der Waals surface area (Å²) in [5.41, 5.74) is 2.26. The number of hydrogen-bond acceptors (Lipinski definition) is 3. The fraction of sp³-hybridized carbons (Fsp3) is 0.600. The zero-order valence-electron chi connectivity index (χ0n) is 9.23. The third-order valence-electron chi connectivity index (χ3n) is 1.94. The minimum atomic E-state index is 0.378. The molecule has 13 heavy (non-hydrogen) atoms. The van der Waals surface area contributed by atoms with E-state index in [2.05, 4.69) is 35.0 Å². The van der Waals surface area contributed by atoms with Gasteiger partial charge in [0.1, 0.15) is 0 Å². The average molecular weight is 183 g/mol. The maximum Gasteiger partial charge on any atom is 0.0329 e. The highest BCUT2D eigenvalue weighted by Crippen LogP contribution is 1.97. The number of likely N-dealkylation sites (N-methyl/N-ethyl adjacent to an activating group) is 2. The lowest BCUT2D eigenvalue weighted by molar-refractivity contribution is 0.720. The molecule has 0 aliphatic rings. The molecule has 0 amide bonds. The van der Waals surface area contributed by atoms with E-state index in [0.29, 0.717) is 6.04 Å². The Balaban J connectivity index is 4.41. The van der Waals surface area contributed by atoms with Crippen molar-refractivity contribution in [3.63, 3.8) is 0 Å². The second kappa shape index (κ2) is 6.54. The van der Waals surface area contributed by atoms with E-state index in [1.54, 1.807) is 0 Å². The maximum absolute atomic E-state index is 3.15. The van der Waals surface area contributed by atoms with Crippen molar-refractivity contribution in [3.05, 3.63) is 23.5 Å². The number of hydrogen-bond donors (Lipinski definition) is 3. The highest BCUT2D eigenvalue weighted by molar-refractivity contribution is 5.21. The van der Waals surface area contributed by atoms with E-state index >= 15 is 0 Å². The Kier molecular flexibility index (Phi) is 6.06. The summed E-state index contributed by atoms with van der Waals surface area (Å²) in [5, 5.41) is 9.37. The fourth-order valence-electron chi connectivity index (χ4n) is 0.862. The van der Waals surface area contributed by atoms with Gasteiger partial charge in [-0.1, -0.05) is 0 Å². The SMILES string of the molecule is CNC(C)=CC(=CC(C)NC)NC. The molecular weight excluding hydrogens is 162 g/mol. The first-order valence-corrected chi connectivity index (χ1v) is 4.57. The van der Waals surface area contributed by atoms with Crippen LogP contribution in [0, 0.1) is 0 Å². The molecule has 0 spiro atoms. The summed E-state index contributed by atoms with van der Waals surface area (Å²) in [4.78, 5) is 0. The molecule has 0 rings (SSSR count). The van der Waals surface area contributed by atoms with E-state index < -0.39 is 0 Å². The van der Waals surface area contributed by atoms with Gasteiger partial charge in [-0.25, -0.2) is 0 Å². The van der Waals surface area contributed by atoms with E-state index in [0.717, 1.165) is 11.4 Å². The molecule has 3 heteroatoms. The van der Waals surface area contributed by atoms with E-state index in [-0.39, 0.29) is 0 Å². The zero-order chi connectivity index (χ0) is 10.3. The normalized spacial score (nSPS) is 15.5. The molecule has 0 aromatic carbocycles. The highest BCUT2D eigenvalue weighted by Gasteiger charge is 1.95. The van der Waals surface area contributed by atoms with Crippen LogP contribution >= 0.6 is 0 Å². The lowest BCUT2D eigenvalue weighted by Gasteiger charge is -2.08. The first-order valence-electron chi connectivity index (χ1n) is 4.57. The molecule has 0 aromatic heterocycles. The van der Waals surface area contributed by atoms with E-state index in [9.17, 15) is 0 Å². The largest absolute Gasteiger partial charge is 0.392 e. The highest BCUT2D eigenvalue weighted by atomic mass is 14.9. The summed E-state index contributed by atoms with van der Waals surface area (Å²) in [6.07, 6.45) is 4.22. The molecule has 3 N–H and O–H groups in total. The van der Waals surface area contributed by atoms with Gasteiger partial charge in [-0.2, -0.15) is 0 Å². The Morgan fingerprint density at radius 3 is 2.15 bits per heavy atom. The molecule has 0 bridgehead atoms. The molecule has 0 aromatic rings. The van der Waals surface area contributed by atoms with Gasteiger partial charge >= 0.3 is 0 Å². The van der Waals surface area contributed by atoms with Crippen LogP contribution in [-0.4, -0.2) is 27.2 Å². The van der Waals surface area contributed by atoms with Gasteiger partial charge in [0.25, 0.3) is 0 Å². The standard InChI is InChI=1S/C10H21N3/c1-8(11-3)6-10(13-5)7-9(2)12-4/h6-8,11-13H,1-5H3. The quantitative estimate of drug-likeness (QED) is 0.552. The van der Waals surface area contributed by atoms with Crippen LogP contribution in [0.3, 0.4) is 0 Å². The third-order valence-corrected chi connectivity index (χ3v) is 1.94. The van der Waals surface area contributed by atoms with Gasteiger partial charge in [0, 0.05) is 31.5 Å². The number of rotatable bonds is 5. The van der Waals surface area contributed by atoms with Crippen LogP contribution < -0.4 is 16.0 Å². The van der Waals surface area contributed by atoms with E-state index in [1.165, 1.54) is 0 Å². The predicted molar refractivity (Wildman–Crippen MR) is 58.5 cm³/mol. The lowest BCUT2D eigenvalue weighted by atomic mass is 10.2. The third kappa shape index (κ3) is 5.31. The molecule has 0 heterocycles. The molecule has 0 saturated heterocycles. The van der Waals surface area contributed by atoms with Gasteiger partial charge in [0.2, 0.25) is 0 Å². The van der Waals surface area contributed by atoms with Crippen molar-refractivity contribution in [1.82, 2.24) is 16.0 Å². The average Bonchev–Trinajstić information content (AvgIpc) is 2.16. The van der Waals surface area contributed by atoms with Gasteiger partial charge in [-0.05, 0) is 33.0 Å². The number of allylic oxidation sites excluding steroid dienone is 2. The van der Waals surface area contributed by atoms with Crippen molar-refractivity contribution in [2.24, 2.45) is 0 Å². The topological polar surface area (TPSA) is 36.1 Å². The van der Waals surface area contributed by atoms with Crippen molar-refractivity contribution < 1.29 is 0 Å². The smallest absolute Gasteiger partial charge is 0.0329 e. The van der Waals surface area contributed by atoms with Gasteiger partial charge in [-0.3, -0.25) is 0 Å². The Bertz CT molecular complexity index is 194. The molecule has 0 saturated carbocycles. The summed E-state index contributed by atoms with van der Waals surface area (Å²) in [6.45, 7) is 4.15. The molecule has 1 atom stereocenters. The summed E-state index contributed by atoms with van der Waals surface area (Å²) in [5.74, 6) is 0. The Morgan fingerprint density at radius 1 is 1.15 bits per heavy atom. The molecule has 0 radical (unpaired) electrons. The molecule has 0 aliphatic carbocycles. The van der Waals surface area contributed by atoms with Crippen molar-refractivity contribution in [2.75, 3.05) is 21.1 Å². The second-order valence-electron chi connectivity index (χ2n) is 3.03. The van der Waals surface area contributed by atoms with Crippen molar-refractivity contribution in [2.45, 2.75) is 19.9 Å². The Hall–Kier alpha value is -0.960.